The van der Waals surface area contributed by atoms with Crippen molar-refractivity contribution in [3.63, 3.8) is 0 Å². The zero-order valence-corrected chi connectivity index (χ0v) is 16.2. The van der Waals surface area contributed by atoms with Crippen LogP contribution in [0, 0.1) is 11.8 Å². The summed E-state index contributed by atoms with van der Waals surface area (Å²) in [5.41, 5.74) is 0.893. The molecular weight excluding hydrogens is 360 g/mol. The first-order valence-corrected chi connectivity index (χ1v) is 8.62. The molecule has 2 rings (SSSR count). The van der Waals surface area contributed by atoms with Crippen LogP contribution < -0.4 is 29.6 Å². The van der Waals surface area contributed by atoms with Gasteiger partial charge in [-0.15, -0.1) is 0 Å². The first-order valence-electron chi connectivity index (χ1n) is 8.62. The van der Waals surface area contributed by atoms with Gasteiger partial charge in [0, 0.05) is 6.54 Å². The van der Waals surface area contributed by atoms with Crippen LogP contribution >= 0.6 is 0 Å². The van der Waals surface area contributed by atoms with E-state index in [2.05, 4.69) is 22.5 Å². The van der Waals surface area contributed by atoms with Gasteiger partial charge < -0.3 is 29.6 Å². The van der Waals surface area contributed by atoms with Crippen molar-refractivity contribution in [2.45, 2.75) is 6.54 Å². The van der Waals surface area contributed by atoms with Crippen molar-refractivity contribution >= 4 is 6.03 Å². The molecule has 0 fully saturated rings. The Morgan fingerprint density at radius 1 is 0.857 bits per heavy atom. The van der Waals surface area contributed by atoms with E-state index in [1.165, 1.54) is 0 Å². The number of benzene rings is 2. The van der Waals surface area contributed by atoms with Gasteiger partial charge in [0.25, 0.3) is 0 Å². The van der Waals surface area contributed by atoms with Gasteiger partial charge in [-0.2, -0.15) is 0 Å². The van der Waals surface area contributed by atoms with E-state index in [0.717, 1.165) is 5.56 Å². The maximum Gasteiger partial charge on any atom is 0.315 e. The van der Waals surface area contributed by atoms with Crippen molar-refractivity contribution in [2.75, 3.05) is 34.5 Å². The number of hydrogen-bond acceptors (Lipinski definition) is 5. The van der Waals surface area contributed by atoms with Crippen molar-refractivity contribution < 1.29 is 23.7 Å². The van der Waals surface area contributed by atoms with E-state index in [1.807, 2.05) is 30.3 Å². The third-order valence-corrected chi connectivity index (χ3v) is 3.73. The molecule has 7 heteroatoms. The van der Waals surface area contributed by atoms with Crippen molar-refractivity contribution in [3.05, 3.63) is 48.0 Å². The van der Waals surface area contributed by atoms with Crippen molar-refractivity contribution in [3.8, 4) is 34.8 Å². The molecule has 0 saturated carbocycles. The molecule has 2 amide bonds. The van der Waals surface area contributed by atoms with Gasteiger partial charge in [-0.25, -0.2) is 4.79 Å². The molecule has 148 valence electrons. The summed E-state index contributed by atoms with van der Waals surface area (Å²) in [5, 5.41) is 5.42. The quantitative estimate of drug-likeness (QED) is 0.684. The van der Waals surface area contributed by atoms with Crippen LogP contribution in [0.4, 0.5) is 4.79 Å². The smallest absolute Gasteiger partial charge is 0.315 e. The Balaban J connectivity index is 1.70. The number of methoxy groups -OCH3 is 3. The lowest BCUT2D eigenvalue weighted by Crippen LogP contribution is -2.35. The van der Waals surface area contributed by atoms with E-state index in [0.29, 0.717) is 29.5 Å². The average molecular weight is 384 g/mol. The summed E-state index contributed by atoms with van der Waals surface area (Å²) < 4.78 is 21.2. The summed E-state index contributed by atoms with van der Waals surface area (Å²) in [6, 6.07) is 12.5. The molecule has 0 aromatic heterocycles. The Bertz CT molecular complexity index is 842. The Morgan fingerprint density at radius 2 is 1.54 bits per heavy atom. The minimum atomic E-state index is -0.310. The molecular formula is C21H24N2O5. The van der Waals surface area contributed by atoms with E-state index in [4.69, 9.17) is 18.9 Å². The zero-order valence-electron chi connectivity index (χ0n) is 16.2. The number of urea groups is 1. The van der Waals surface area contributed by atoms with Gasteiger partial charge in [0.2, 0.25) is 0 Å². The summed E-state index contributed by atoms with van der Waals surface area (Å²) in [4.78, 5) is 11.8. The molecule has 0 atom stereocenters. The molecule has 0 radical (unpaired) electrons. The van der Waals surface area contributed by atoms with Crippen LogP contribution in [0.15, 0.2) is 42.5 Å². The average Bonchev–Trinajstić information content (AvgIpc) is 2.74. The normalized spacial score (nSPS) is 9.54. The molecule has 0 saturated heterocycles. The second kappa shape index (κ2) is 11.2. The molecule has 0 bridgehead atoms. The second-order valence-electron chi connectivity index (χ2n) is 5.52. The van der Waals surface area contributed by atoms with Crippen LogP contribution in [-0.4, -0.2) is 40.5 Å². The molecule has 0 spiro atoms. The number of nitrogens with one attached hydrogen (secondary N) is 2. The monoisotopic (exact) mass is 384 g/mol. The fourth-order valence-corrected chi connectivity index (χ4v) is 2.33. The number of amides is 2. The summed E-state index contributed by atoms with van der Waals surface area (Å²) in [5.74, 6) is 8.20. The maximum absolute atomic E-state index is 11.8. The van der Waals surface area contributed by atoms with Gasteiger partial charge in [-0.3, -0.25) is 0 Å². The molecule has 7 nitrogen and oxygen atoms in total. The molecule has 0 unspecified atom stereocenters. The summed E-state index contributed by atoms with van der Waals surface area (Å²) >= 11 is 0. The van der Waals surface area contributed by atoms with Crippen LogP contribution in [0.1, 0.15) is 5.56 Å². The summed E-state index contributed by atoms with van der Waals surface area (Å²) in [6.07, 6.45) is 0. The van der Waals surface area contributed by atoms with Crippen LogP contribution in [0.5, 0.6) is 23.0 Å². The largest absolute Gasteiger partial charge is 0.493 e. The third-order valence-electron chi connectivity index (χ3n) is 3.73. The van der Waals surface area contributed by atoms with E-state index in [1.54, 1.807) is 33.5 Å². The lowest BCUT2D eigenvalue weighted by molar-refractivity contribution is 0.241. The predicted molar refractivity (Wildman–Crippen MR) is 106 cm³/mol. The summed E-state index contributed by atoms with van der Waals surface area (Å²) in [6.45, 7) is 0.777. The molecule has 28 heavy (non-hydrogen) atoms. The van der Waals surface area contributed by atoms with Crippen molar-refractivity contribution in [1.82, 2.24) is 10.6 Å². The highest BCUT2D eigenvalue weighted by Gasteiger charge is 2.05. The topological polar surface area (TPSA) is 78.1 Å². The number of carbonyl (C=O) groups is 1. The third kappa shape index (κ3) is 6.32. The molecule has 2 aromatic carbocycles. The lowest BCUT2D eigenvalue weighted by Gasteiger charge is -2.10. The fraction of sp³-hybridized carbons (Fsp3) is 0.286. The number of hydrogen-bond donors (Lipinski definition) is 2. The fourth-order valence-electron chi connectivity index (χ4n) is 2.33. The van der Waals surface area contributed by atoms with Gasteiger partial charge in [0.05, 0.1) is 27.9 Å². The summed E-state index contributed by atoms with van der Waals surface area (Å²) in [7, 11) is 4.72. The van der Waals surface area contributed by atoms with Gasteiger partial charge in [-0.1, -0.05) is 30.0 Å². The van der Waals surface area contributed by atoms with E-state index < -0.39 is 0 Å². The number of rotatable bonds is 8. The Labute approximate surface area is 164 Å². The van der Waals surface area contributed by atoms with E-state index >= 15 is 0 Å². The molecule has 0 heterocycles. The highest BCUT2D eigenvalue weighted by molar-refractivity contribution is 5.74. The Morgan fingerprint density at radius 3 is 2.25 bits per heavy atom. The molecule has 0 aliphatic heterocycles. The molecule has 2 N–H and O–H groups in total. The molecule has 0 aliphatic carbocycles. The second-order valence-corrected chi connectivity index (χ2v) is 5.52. The Kier molecular flexibility index (Phi) is 8.34. The molecule has 0 aliphatic rings. The standard InChI is InChI=1S/C21H24N2O5/c1-25-17-8-4-5-9-19(17)28-13-7-6-12-22-21(24)23-15-16-10-11-18(26-2)20(14-16)27-3/h4-5,8-11,14H,12-13,15H2,1-3H3,(H2,22,23,24). The first kappa shape index (κ1) is 20.8. The SMILES string of the molecule is COc1ccc(CNC(=O)NCC#CCOc2ccccc2OC)cc1OC. The molecule has 2 aromatic rings. The highest BCUT2D eigenvalue weighted by Crippen LogP contribution is 2.27. The number of carbonyl (C=O) groups excluding carboxylic acids is 1. The van der Waals surface area contributed by atoms with Gasteiger partial charge in [-0.05, 0) is 29.8 Å². The van der Waals surface area contributed by atoms with Crippen molar-refractivity contribution in [2.24, 2.45) is 0 Å². The van der Waals surface area contributed by atoms with Crippen LogP contribution in [-0.2, 0) is 6.54 Å². The van der Waals surface area contributed by atoms with Gasteiger partial charge in [0.15, 0.2) is 23.0 Å². The van der Waals surface area contributed by atoms with Crippen LogP contribution in [0.3, 0.4) is 0 Å². The predicted octanol–water partition coefficient (Wildman–Crippen LogP) is 2.59. The first-order chi connectivity index (χ1) is 13.7. The highest BCUT2D eigenvalue weighted by atomic mass is 16.5. The Hall–Kier alpha value is -3.53. The van der Waals surface area contributed by atoms with Crippen molar-refractivity contribution in [1.29, 1.82) is 0 Å². The van der Waals surface area contributed by atoms with Crippen LogP contribution in [0.25, 0.3) is 0 Å². The van der Waals surface area contributed by atoms with E-state index in [9.17, 15) is 4.79 Å². The van der Waals surface area contributed by atoms with Gasteiger partial charge in [0.1, 0.15) is 6.61 Å². The minimum Gasteiger partial charge on any atom is -0.493 e. The minimum absolute atomic E-state index is 0.204. The lowest BCUT2D eigenvalue weighted by atomic mass is 10.2. The zero-order chi connectivity index (χ0) is 20.2. The van der Waals surface area contributed by atoms with Crippen LogP contribution in [0.2, 0.25) is 0 Å². The number of para-hydroxylation sites is 2. The number of ether oxygens (including phenoxy) is 4. The van der Waals surface area contributed by atoms with E-state index in [-0.39, 0.29) is 19.2 Å². The van der Waals surface area contributed by atoms with Gasteiger partial charge >= 0.3 is 6.03 Å². The maximum atomic E-state index is 11.8.